The number of aliphatic hydroxyl groups is 1. The number of nitrogens with zero attached hydrogens (tertiary/aromatic N) is 3. The molecule has 354 valence electrons. The minimum Gasteiger partial charge on any atom is -0.481 e. The molecule has 3 aromatic rings. The third-order valence-electron chi connectivity index (χ3n) is 14.2. The van der Waals surface area contributed by atoms with E-state index in [2.05, 4.69) is 107 Å². The third-order valence-corrected chi connectivity index (χ3v) is 14.2. The summed E-state index contributed by atoms with van der Waals surface area (Å²) in [5.41, 5.74) is 13.0. The third kappa shape index (κ3) is 11.7. The van der Waals surface area contributed by atoms with Crippen LogP contribution in [0.3, 0.4) is 0 Å². The van der Waals surface area contributed by atoms with Crippen LogP contribution in [0.2, 0.25) is 0 Å². The molecule has 5 atom stereocenters. The summed E-state index contributed by atoms with van der Waals surface area (Å²) in [6.45, 7) is 23.9. The maximum Gasteiger partial charge on any atom is 0.259 e. The van der Waals surface area contributed by atoms with Crippen LogP contribution in [0.4, 0.5) is 5.69 Å². The number of aryl methyl sites for hydroxylation is 1. The van der Waals surface area contributed by atoms with Crippen LogP contribution in [0.1, 0.15) is 174 Å². The van der Waals surface area contributed by atoms with Crippen LogP contribution in [0.15, 0.2) is 77.4 Å². The first kappa shape index (κ1) is 51.1. The Morgan fingerprint density at radius 2 is 1.71 bits per heavy atom. The lowest BCUT2D eigenvalue weighted by Crippen LogP contribution is -2.41. The predicted octanol–water partition coefficient (Wildman–Crippen LogP) is 12.9. The SMILES string of the molecule is CC.CC/C=C1\N(CC(C)O)C=C(C(=O)Nc2cccc(-c3cccc(-c4cc5c(c(OC)n4)C(C)CC5)c3C)c2C(C)CC)C(=C2CC2)N1C.CCC(C)CCC1(CC)CCC(=O)N1. The molecule has 2 aliphatic carbocycles. The minimum absolute atomic E-state index is 0.136. The highest BCUT2D eigenvalue weighted by Crippen LogP contribution is 2.45. The zero-order valence-corrected chi connectivity index (χ0v) is 42.2. The van der Waals surface area contributed by atoms with Crippen LogP contribution in [-0.4, -0.2) is 64.0 Å². The summed E-state index contributed by atoms with van der Waals surface area (Å²) in [5, 5.41) is 16.9. The molecule has 4 aliphatic rings. The molecule has 0 radical (unpaired) electrons. The van der Waals surface area contributed by atoms with Crippen molar-refractivity contribution in [2.24, 2.45) is 5.92 Å². The lowest BCUT2D eigenvalue weighted by molar-refractivity contribution is -0.120. The molecule has 2 fully saturated rings. The first-order valence-electron chi connectivity index (χ1n) is 25.0. The first-order chi connectivity index (χ1) is 31.2. The number of nitrogens with one attached hydrogen (secondary N) is 2. The molecule has 9 nitrogen and oxygen atoms in total. The van der Waals surface area contributed by atoms with E-state index in [1.165, 1.54) is 29.5 Å². The molecule has 65 heavy (non-hydrogen) atoms. The number of ether oxygens (including phenoxy) is 1. The molecular weight excluding hydrogens is 807 g/mol. The van der Waals surface area contributed by atoms with Crippen molar-refractivity contribution in [1.82, 2.24) is 20.1 Å². The standard InChI is InChI=1S/C42H52N4O3.C12H23NO.C2H6/c1-9-13-37-45(7)40(29-20-21-29)34(24-46(37)23-27(5)47)41(48)43-35-17-12-16-33(39(35)25(3)10-2)31-14-11-15-32(28(31)6)36-22-30-19-18-26(4)38(30)42(44-36)49-8;1-4-10(3)6-8-12(5-2)9-7-11(14)13-12;1-2/h11-17,22,24-27,47H,9-10,18-21,23H2,1-8H3,(H,43,48);10H,4-9H2,1-3H3,(H,13,14);1-2H3/b37-13-;;. The second kappa shape index (κ2) is 23.0. The number of hydrogen-bond donors (Lipinski definition) is 3. The van der Waals surface area contributed by atoms with Crippen molar-refractivity contribution in [3.8, 4) is 28.3 Å². The Kier molecular flexibility index (Phi) is 18.1. The van der Waals surface area contributed by atoms with Gasteiger partial charge in [0, 0.05) is 48.6 Å². The number of rotatable bonds is 15. The average molecular weight is 888 g/mol. The quantitative estimate of drug-likeness (QED) is 0.139. The number of allylic oxidation sites excluding steroid dienone is 2. The van der Waals surface area contributed by atoms with Crippen LogP contribution < -0.4 is 15.4 Å². The Labute approximate surface area is 392 Å². The van der Waals surface area contributed by atoms with E-state index in [-0.39, 0.29) is 23.3 Å². The Hall–Kier alpha value is -4.89. The van der Waals surface area contributed by atoms with Crippen molar-refractivity contribution in [2.75, 3.05) is 26.0 Å². The van der Waals surface area contributed by atoms with Crippen molar-refractivity contribution < 1.29 is 19.4 Å². The van der Waals surface area contributed by atoms with Gasteiger partial charge in [-0.15, -0.1) is 0 Å². The van der Waals surface area contributed by atoms with E-state index >= 15 is 0 Å². The van der Waals surface area contributed by atoms with E-state index in [1.807, 2.05) is 44.1 Å². The molecular formula is C56H81N5O4. The number of aliphatic hydroxyl groups excluding tert-OH is 1. The van der Waals surface area contributed by atoms with Crippen LogP contribution in [-0.2, 0) is 16.0 Å². The number of aromatic nitrogens is 1. The van der Waals surface area contributed by atoms with Gasteiger partial charge in [-0.2, -0.15) is 0 Å². The predicted molar refractivity (Wildman–Crippen MR) is 270 cm³/mol. The molecule has 7 rings (SSSR count). The van der Waals surface area contributed by atoms with Gasteiger partial charge in [-0.25, -0.2) is 4.98 Å². The summed E-state index contributed by atoms with van der Waals surface area (Å²) < 4.78 is 5.81. The molecule has 1 aromatic heterocycles. The topological polar surface area (TPSA) is 107 Å². The van der Waals surface area contributed by atoms with E-state index in [4.69, 9.17) is 9.72 Å². The zero-order valence-electron chi connectivity index (χ0n) is 42.2. The minimum atomic E-state index is -0.548. The van der Waals surface area contributed by atoms with E-state index in [1.54, 1.807) is 14.0 Å². The van der Waals surface area contributed by atoms with Crippen molar-refractivity contribution in [3.05, 3.63) is 99.7 Å². The van der Waals surface area contributed by atoms with Gasteiger partial charge >= 0.3 is 0 Å². The van der Waals surface area contributed by atoms with Crippen molar-refractivity contribution in [3.63, 3.8) is 0 Å². The van der Waals surface area contributed by atoms with Crippen LogP contribution >= 0.6 is 0 Å². The van der Waals surface area contributed by atoms with Gasteiger partial charge in [-0.3, -0.25) is 9.59 Å². The summed E-state index contributed by atoms with van der Waals surface area (Å²) in [5.74, 6) is 3.28. The average Bonchev–Trinajstić information content (AvgIpc) is 3.97. The first-order valence-corrected chi connectivity index (χ1v) is 25.0. The molecule has 0 bridgehead atoms. The number of amides is 2. The highest BCUT2D eigenvalue weighted by Gasteiger charge is 2.36. The summed E-state index contributed by atoms with van der Waals surface area (Å²) >= 11 is 0. The fourth-order valence-electron chi connectivity index (χ4n) is 9.83. The second-order valence-corrected chi connectivity index (χ2v) is 18.8. The molecule has 2 amide bonds. The number of likely N-dealkylation sites (N-methyl/N-ethyl adjacent to an activating group) is 1. The summed E-state index contributed by atoms with van der Waals surface area (Å²) in [6.07, 6.45) is 16.0. The van der Waals surface area contributed by atoms with Gasteiger partial charge in [0.05, 0.1) is 30.2 Å². The number of carbonyl (C=O) groups excluding carboxylic acids is 2. The zero-order chi connectivity index (χ0) is 47.6. The largest absolute Gasteiger partial charge is 0.481 e. The summed E-state index contributed by atoms with van der Waals surface area (Å²) in [7, 11) is 3.75. The molecule has 3 heterocycles. The number of hydrogen-bond acceptors (Lipinski definition) is 7. The molecule has 1 saturated heterocycles. The molecule has 3 N–H and O–H groups in total. The van der Waals surface area contributed by atoms with Gasteiger partial charge in [0.15, 0.2) is 0 Å². The van der Waals surface area contributed by atoms with E-state index in [9.17, 15) is 14.7 Å². The van der Waals surface area contributed by atoms with E-state index in [0.29, 0.717) is 18.0 Å². The van der Waals surface area contributed by atoms with Gasteiger partial charge in [-0.1, -0.05) is 99.1 Å². The Balaban J connectivity index is 0.000000422. The monoisotopic (exact) mass is 888 g/mol. The van der Waals surface area contributed by atoms with Gasteiger partial charge in [0.1, 0.15) is 5.82 Å². The summed E-state index contributed by atoms with van der Waals surface area (Å²) in [6, 6.07) is 15.0. The van der Waals surface area contributed by atoms with E-state index in [0.717, 1.165) is 127 Å². The Bertz CT molecular complexity index is 2230. The number of benzene rings is 2. The van der Waals surface area contributed by atoms with Crippen LogP contribution in [0.5, 0.6) is 5.88 Å². The maximum absolute atomic E-state index is 14.4. The molecule has 0 spiro atoms. The fraction of sp³-hybridized carbons (Fsp3) is 0.554. The van der Waals surface area contributed by atoms with Gasteiger partial charge < -0.3 is 30.3 Å². The molecule has 5 unspecified atom stereocenters. The number of β-amino-alcohol motifs (C(OH)–C–C–N with tert-alkyl or cyclic N) is 1. The molecule has 1 saturated carbocycles. The fourth-order valence-corrected chi connectivity index (χ4v) is 9.83. The lowest BCUT2D eigenvalue weighted by Gasteiger charge is -2.39. The molecule has 2 aromatic carbocycles. The highest BCUT2D eigenvalue weighted by atomic mass is 16.5. The number of fused-ring (bicyclic) bond motifs is 1. The van der Waals surface area contributed by atoms with Crippen LogP contribution in [0.25, 0.3) is 22.4 Å². The highest BCUT2D eigenvalue weighted by molar-refractivity contribution is 6.08. The number of methoxy groups -OCH3 is 1. The second-order valence-electron chi connectivity index (χ2n) is 18.8. The van der Waals surface area contributed by atoms with Crippen molar-refractivity contribution >= 4 is 17.5 Å². The molecule has 2 aliphatic heterocycles. The lowest BCUT2D eigenvalue weighted by atomic mass is 9.85. The van der Waals surface area contributed by atoms with Crippen LogP contribution in [0, 0.1) is 12.8 Å². The van der Waals surface area contributed by atoms with Gasteiger partial charge in [0.25, 0.3) is 5.91 Å². The molecule has 9 heteroatoms. The Morgan fingerprint density at radius 3 is 2.31 bits per heavy atom. The van der Waals surface area contributed by atoms with Gasteiger partial charge in [0.2, 0.25) is 11.8 Å². The number of anilines is 1. The maximum atomic E-state index is 14.4. The smallest absolute Gasteiger partial charge is 0.259 e. The van der Waals surface area contributed by atoms with E-state index < -0.39 is 6.10 Å². The normalized spacial score (nSPS) is 20.8. The van der Waals surface area contributed by atoms with Crippen molar-refractivity contribution in [1.29, 1.82) is 0 Å². The van der Waals surface area contributed by atoms with Gasteiger partial charge in [-0.05, 0) is 147 Å². The van der Waals surface area contributed by atoms with Crippen molar-refractivity contribution in [2.45, 2.75) is 177 Å². The summed E-state index contributed by atoms with van der Waals surface area (Å²) in [4.78, 5) is 34.8. The number of pyridine rings is 1. The Morgan fingerprint density at radius 1 is 1.02 bits per heavy atom. The number of carbonyl (C=O) groups is 2.